The molecule has 0 spiro atoms. The summed E-state index contributed by atoms with van der Waals surface area (Å²) in [5.74, 6) is 0.476. The quantitative estimate of drug-likeness (QED) is 0.556. The highest BCUT2D eigenvalue weighted by molar-refractivity contribution is 6.37. The highest BCUT2D eigenvalue weighted by Gasteiger charge is 2.21. The van der Waals surface area contributed by atoms with Crippen LogP contribution in [-0.2, 0) is 0 Å². The lowest BCUT2D eigenvalue weighted by molar-refractivity contribution is -0.885. The van der Waals surface area contributed by atoms with Crippen LogP contribution in [0.4, 0.5) is 0 Å². The van der Waals surface area contributed by atoms with E-state index < -0.39 is 0 Å². The number of aromatic amines is 1. The topological polar surface area (TPSA) is 72.9 Å². The lowest BCUT2D eigenvalue weighted by Gasteiger charge is -2.10. The maximum absolute atomic E-state index is 9.86. The van der Waals surface area contributed by atoms with E-state index in [0.29, 0.717) is 43.5 Å². The van der Waals surface area contributed by atoms with Crippen LogP contribution in [0.5, 0.6) is 5.75 Å². The molecule has 0 aliphatic carbocycles. The number of hydrogen-bond acceptors (Lipinski definition) is 3. The first-order chi connectivity index (χ1) is 10.6. The van der Waals surface area contributed by atoms with Crippen LogP contribution in [-0.4, -0.2) is 17.3 Å². The summed E-state index contributed by atoms with van der Waals surface area (Å²) in [6.45, 7) is 0. The summed E-state index contributed by atoms with van der Waals surface area (Å²) in [7, 11) is 1.51. The molecule has 110 valence electrons. The summed E-state index contributed by atoms with van der Waals surface area (Å²) >= 11 is 12.4. The van der Waals surface area contributed by atoms with Crippen LogP contribution in [0.25, 0.3) is 22.2 Å². The molecule has 0 fully saturated rings. The van der Waals surface area contributed by atoms with E-state index in [0.717, 1.165) is 4.73 Å². The third kappa shape index (κ3) is 2.13. The third-order valence-electron chi connectivity index (χ3n) is 3.39. The molecule has 0 aliphatic heterocycles. The number of rotatable bonds is 2. The van der Waals surface area contributed by atoms with E-state index in [1.807, 2.05) is 0 Å². The molecule has 2 aromatic heterocycles. The van der Waals surface area contributed by atoms with Gasteiger partial charge in [0, 0.05) is 11.1 Å². The number of aromatic nitrogens is 2. The minimum atomic E-state index is 0.398. The molecule has 1 aromatic carbocycles. The van der Waals surface area contributed by atoms with Gasteiger partial charge in [-0.2, -0.15) is 5.26 Å². The van der Waals surface area contributed by atoms with Crippen LogP contribution in [0.1, 0.15) is 5.56 Å². The Labute approximate surface area is 135 Å². The summed E-state index contributed by atoms with van der Waals surface area (Å²) in [5.41, 5.74) is 2.15. The number of benzene rings is 1. The maximum Gasteiger partial charge on any atom is 0.327 e. The number of H-pyrrole nitrogens is 1. The molecule has 0 unspecified atom stereocenters. The SMILES string of the molecule is COc1cc(-c2cc[n+](O)c3[nH]cc(C#N)c23)c(Cl)cc1Cl. The first-order valence-corrected chi connectivity index (χ1v) is 7.01. The number of ether oxygens (including phenoxy) is 1. The number of nitrogens with one attached hydrogen (secondary N) is 1. The second-order valence-electron chi connectivity index (χ2n) is 4.58. The maximum atomic E-state index is 9.86. The zero-order chi connectivity index (χ0) is 15.9. The monoisotopic (exact) mass is 334 g/mol. The fourth-order valence-corrected chi connectivity index (χ4v) is 2.94. The summed E-state index contributed by atoms with van der Waals surface area (Å²) in [4.78, 5) is 2.87. The number of methoxy groups -OCH3 is 1. The van der Waals surface area contributed by atoms with E-state index in [1.165, 1.54) is 19.5 Å². The van der Waals surface area contributed by atoms with Gasteiger partial charge >= 0.3 is 5.65 Å². The number of hydrogen-bond donors (Lipinski definition) is 2. The van der Waals surface area contributed by atoms with Crippen molar-refractivity contribution in [3.63, 3.8) is 0 Å². The van der Waals surface area contributed by atoms with Crippen LogP contribution in [0.2, 0.25) is 10.0 Å². The van der Waals surface area contributed by atoms with Crippen molar-refractivity contribution in [2.24, 2.45) is 0 Å². The van der Waals surface area contributed by atoms with Crippen LogP contribution in [0, 0.1) is 11.3 Å². The van der Waals surface area contributed by atoms with E-state index in [4.69, 9.17) is 27.9 Å². The fraction of sp³-hybridized carbons (Fsp3) is 0.0667. The zero-order valence-corrected chi connectivity index (χ0v) is 12.9. The summed E-state index contributed by atoms with van der Waals surface area (Å²) < 4.78 is 6.14. The highest BCUT2D eigenvalue weighted by atomic mass is 35.5. The van der Waals surface area contributed by atoms with Gasteiger partial charge in [-0.15, -0.1) is 0 Å². The van der Waals surface area contributed by atoms with Crippen molar-refractivity contribution < 1.29 is 14.7 Å². The lowest BCUT2D eigenvalue weighted by atomic mass is 10.0. The molecule has 0 atom stereocenters. The molecule has 5 nitrogen and oxygen atoms in total. The van der Waals surface area contributed by atoms with Crippen LogP contribution >= 0.6 is 23.2 Å². The van der Waals surface area contributed by atoms with E-state index in [9.17, 15) is 10.5 Å². The number of nitrogens with zero attached hydrogens (tertiary/aromatic N) is 2. The number of nitriles is 1. The minimum absolute atomic E-state index is 0.398. The molecule has 0 radical (unpaired) electrons. The zero-order valence-electron chi connectivity index (χ0n) is 11.4. The van der Waals surface area contributed by atoms with Crippen molar-refractivity contribution in [3.8, 4) is 22.9 Å². The molecule has 7 heteroatoms. The van der Waals surface area contributed by atoms with Crippen LogP contribution in [0.3, 0.4) is 0 Å². The normalized spacial score (nSPS) is 10.6. The van der Waals surface area contributed by atoms with Crippen LogP contribution in [0.15, 0.2) is 30.6 Å². The van der Waals surface area contributed by atoms with E-state index in [1.54, 1.807) is 18.2 Å². The van der Waals surface area contributed by atoms with Gasteiger partial charge in [-0.1, -0.05) is 27.9 Å². The summed E-state index contributed by atoms with van der Waals surface area (Å²) in [6.07, 6.45) is 2.99. The Morgan fingerprint density at radius 2 is 2.05 bits per heavy atom. The van der Waals surface area contributed by atoms with Crippen molar-refractivity contribution in [3.05, 3.63) is 46.2 Å². The Bertz CT molecular complexity index is 929. The second kappa shape index (κ2) is 5.41. The Morgan fingerprint density at radius 3 is 2.73 bits per heavy atom. The van der Waals surface area contributed by atoms with Gasteiger partial charge < -0.3 is 9.94 Å². The van der Waals surface area contributed by atoms with Crippen molar-refractivity contribution in [2.75, 3.05) is 7.11 Å². The van der Waals surface area contributed by atoms with Gasteiger partial charge in [0.05, 0.1) is 22.5 Å². The van der Waals surface area contributed by atoms with E-state index in [2.05, 4.69) is 11.1 Å². The Hall–Kier alpha value is -2.42. The second-order valence-corrected chi connectivity index (χ2v) is 5.39. The molecule has 0 bridgehead atoms. The number of pyridine rings is 1. The number of halogens is 2. The van der Waals surface area contributed by atoms with Crippen molar-refractivity contribution in [1.82, 2.24) is 4.98 Å². The lowest BCUT2D eigenvalue weighted by Crippen LogP contribution is -2.30. The molecule has 3 aromatic rings. The average Bonchev–Trinajstić information content (AvgIpc) is 2.93. The van der Waals surface area contributed by atoms with Gasteiger partial charge in [0.2, 0.25) is 0 Å². The van der Waals surface area contributed by atoms with Gasteiger partial charge in [-0.05, 0) is 18.2 Å². The predicted molar refractivity (Wildman–Crippen MR) is 82.4 cm³/mol. The summed E-state index contributed by atoms with van der Waals surface area (Å²) in [6, 6.07) is 7.05. The molecular formula is C15H10Cl2N3O2+. The predicted octanol–water partition coefficient (Wildman–Crippen LogP) is 3.55. The molecule has 22 heavy (non-hydrogen) atoms. The minimum Gasteiger partial charge on any atom is -0.495 e. The molecule has 0 saturated heterocycles. The molecule has 3 rings (SSSR count). The standard InChI is InChI=1S/C15H9Cl2N3O2/c1-22-13-4-10(11(16)5-12(13)17)9-2-3-20(21)15-14(9)8(6-18)7-19-15/h2-5,7,21H,1H3/p+1. The van der Waals surface area contributed by atoms with E-state index >= 15 is 0 Å². The highest BCUT2D eigenvalue weighted by Crippen LogP contribution is 2.39. The van der Waals surface area contributed by atoms with Gasteiger partial charge in [-0.3, -0.25) is 0 Å². The molecule has 2 N–H and O–H groups in total. The van der Waals surface area contributed by atoms with Crippen molar-refractivity contribution in [1.29, 1.82) is 5.26 Å². The van der Waals surface area contributed by atoms with Gasteiger partial charge in [0.1, 0.15) is 29.8 Å². The van der Waals surface area contributed by atoms with Gasteiger partial charge in [0.15, 0.2) is 0 Å². The Morgan fingerprint density at radius 1 is 1.27 bits per heavy atom. The third-order valence-corrected chi connectivity index (χ3v) is 4.00. The van der Waals surface area contributed by atoms with Crippen molar-refractivity contribution >= 4 is 34.2 Å². The average molecular weight is 335 g/mol. The Kier molecular flexibility index (Phi) is 3.57. The van der Waals surface area contributed by atoms with Crippen LogP contribution < -0.4 is 9.47 Å². The van der Waals surface area contributed by atoms with Gasteiger partial charge in [0.25, 0.3) is 0 Å². The number of fused-ring (bicyclic) bond motifs is 1. The molecular weight excluding hydrogens is 325 g/mol. The van der Waals surface area contributed by atoms with E-state index in [-0.39, 0.29) is 0 Å². The first kappa shape index (κ1) is 14.5. The molecule has 0 saturated carbocycles. The van der Waals surface area contributed by atoms with Crippen molar-refractivity contribution in [2.45, 2.75) is 0 Å². The largest absolute Gasteiger partial charge is 0.495 e. The molecule has 0 aliphatic rings. The summed E-state index contributed by atoms with van der Waals surface area (Å²) in [5, 5.41) is 20.5. The Balaban J connectivity index is 2.39. The fourth-order valence-electron chi connectivity index (χ4n) is 2.37. The smallest absolute Gasteiger partial charge is 0.327 e. The van der Waals surface area contributed by atoms with Gasteiger partial charge in [-0.25, -0.2) is 4.98 Å². The first-order valence-electron chi connectivity index (χ1n) is 6.25. The molecule has 2 heterocycles. The molecule has 0 amide bonds.